The van der Waals surface area contributed by atoms with Gasteiger partial charge in [0, 0.05) is 42.6 Å². The summed E-state index contributed by atoms with van der Waals surface area (Å²) in [6.45, 7) is 1.66. The van der Waals surface area contributed by atoms with Crippen molar-refractivity contribution in [1.82, 2.24) is 15.6 Å². The van der Waals surface area contributed by atoms with Gasteiger partial charge in [0.25, 0.3) is 0 Å². The number of carbonyl (C=O) groups excluding carboxylic acids is 2. The van der Waals surface area contributed by atoms with Crippen LogP contribution in [0.25, 0.3) is 10.9 Å². The number of H-pyrrole nitrogens is 1. The summed E-state index contributed by atoms with van der Waals surface area (Å²) in [7, 11) is 3.12. The summed E-state index contributed by atoms with van der Waals surface area (Å²) >= 11 is 0. The lowest BCUT2D eigenvalue weighted by Crippen LogP contribution is -2.47. The van der Waals surface area contributed by atoms with Crippen molar-refractivity contribution >= 4 is 22.7 Å². The average Bonchev–Trinajstić information content (AvgIpc) is 3.13. The first-order chi connectivity index (χ1) is 14.0. The second-order valence-electron chi connectivity index (χ2n) is 6.69. The van der Waals surface area contributed by atoms with E-state index in [2.05, 4.69) is 15.6 Å². The van der Waals surface area contributed by atoms with E-state index in [1.807, 2.05) is 42.6 Å². The Morgan fingerprint density at radius 3 is 2.55 bits per heavy atom. The molecule has 2 amide bonds. The maximum atomic E-state index is 12.9. The number of fused-ring (bicyclic) bond motifs is 1. The van der Waals surface area contributed by atoms with Gasteiger partial charge in [0.2, 0.25) is 11.8 Å². The van der Waals surface area contributed by atoms with Crippen LogP contribution in [0.15, 0.2) is 48.7 Å². The molecule has 1 atom stereocenters. The second kappa shape index (κ2) is 9.14. The molecule has 0 saturated carbocycles. The molecule has 3 N–H and O–H groups in total. The molecule has 1 unspecified atom stereocenters. The van der Waals surface area contributed by atoms with Crippen LogP contribution in [0.3, 0.4) is 0 Å². The van der Waals surface area contributed by atoms with E-state index in [0.717, 1.165) is 22.0 Å². The van der Waals surface area contributed by atoms with Gasteiger partial charge in [-0.25, -0.2) is 0 Å². The Labute approximate surface area is 169 Å². The Bertz CT molecular complexity index is 1010. The number of benzene rings is 2. The number of hydrogen-bond donors (Lipinski definition) is 3. The molecule has 3 rings (SSSR count). The van der Waals surface area contributed by atoms with E-state index in [1.165, 1.54) is 6.92 Å². The van der Waals surface area contributed by atoms with Gasteiger partial charge in [0.05, 0.1) is 14.2 Å². The van der Waals surface area contributed by atoms with Crippen molar-refractivity contribution in [1.29, 1.82) is 0 Å². The van der Waals surface area contributed by atoms with E-state index in [0.29, 0.717) is 17.9 Å². The molecule has 152 valence electrons. The van der Waals surface area contributed by atoms with Crippen LogP contribution in [-0.2, 0) is 22.6 Å². The number of aromatic amines is 1. The molecule has 0 fully saturated rings. The van der Waals surface area contributed by atoms with E-state index < -0.39 is 6.04 Å². The van der Waals surface area contributed by atoms with Crippen LogP contribution >= 0.6 is 0 Å². The number of nitrogens with one attached hydrogen (secondary N) is 3. The molecule has 0 aliphatic carbocycles. The first kappa shape index (κ1) is 20.3. The highest BCUT2D eigenvalue weighted by molar-refractivity contribution is 5.89. The molecular formula is C22H25N3O4. The molecule has 29 heavy (non-hydrogen) atoms. The largest absolute Gasteiger partial charge is 0.493 e. The Morgan fingerprint density at radius 2 is 1.83 bits per heavy atom. The van der Waals surface area contributed by atoms with Gasteiger partial charge in [-0.3, -0.25) is 9.59 Å². The normalized spacial score (nSPS) is 11.7. The van der Waals surface area contributed by atoms with Gasteiger partial charge < -0.3 is 25.1 Å². The fraction of sp³-hybridized carbons (Fsp3) is 0.273. The van der Waals surface area contributed by atoms with Crippen molar-refractivity contribution in [2.24, 2.45) is 0 Å². The van der Waals surface area contributed by atoms with Crippen LogP contribution in [0.4, 0.5) is 0 Å². The summed E-state index contributed by atoms with van der Waals surface area (Å²) in [5, 5.41) is 6.67. The predicted molar refractivity (Wildman–Crippen MR) is 111 cm³/mol. The molecular weight excluding hydrogens is 370 g/mol. The highest BCUT2D eigenvalue weighted by atomic mass is 16.5. The molecule has 7 heteroatoms. The molecule has 0 radical (unpaired) electrons. The van der Waals surface area contributed by atoms with Gasteiger partial charge in [-0.1, -0.05) is 30.3 Å². The van der Waals surface area contributed by atoms with E-state index in [1.54, 1.807) is 20.3 Å². The molecule has 0 spiro atoms. The number of rotatable bonds is 8. The van der Waals surface area contributed by atoms with Crippen LogP contribution < -0.4 is 20.1 Å². The molecule has 0 bridgehead atoms. The standard InChI is InChI=1S/C22H25N3O4/c1-14(26)25-19(11-16-13-23-18-9-5-4-8-17(16)18)22(27)24-12-15-7-6-10-20(28-2)21(15)29-3/h4-10,13,19,23H,11-12H2,1-3H3,(H,24,27)(H,25,26). The molecule has 0 aliphatic rings. The Hall–Kier alpha value is -3.48. The summed E-state index contributed by atoms with van der Waals surface area (Å²) < 4.78 is 10.7. The zero-order chi connectivity index (χ0) is 20.8. The molecule has 0 aliphatic heterocycles. The van der Waals surface area contributed by atoms with Gasteiger partial charge >= 0.3 is 0 Å². The van der Waals surface area contributed by atoms with Crippen LogP contribution in [0.1, 0.15) is 18.1 Å². The van der Waals surface area contributed by atoms with Crippen molar-refractivity contribution in [3.8, 4) is 11.5 Å². The van der Waals surface area contributed by atoms with Crippen molar-refractivity contribution in [3.63, 3.8) is 0 Å². The third kappa shape index (κ3) is 4.68. The minimum Gasteiger partial charge on any atom is -0.493 e. The van der Waals surface area contributed by atoms with E-state index in [9.17, 15) is 9.59 Å². The minimum atomic E-state index is -0.691. The molecule has 1 aromatic heterocycles. The SMILES string of the molecule is COc1cccc(CNC(=O)C(Cc2c[nH]c3ccccc23)NC(C)=O)c1OC. The Balaban J connectivity index is 1.75. The van der Waals surface area contributed by atoms with Gasteiger partial charge in [0.1, 0.15) is 6.04 Å². The zero-order valence-electron chi connectivity index (χ0n) is 16.7. The number of para-hydroxylation sites is 2. The van der Waals surface area contributed by atoms with Crippen LogP contribution in [0, 0.1) is 0 Å². The molecule has 0 saturated heterocycles. The monoisotopic (exact) mass is 395 g/mol. The minimum absolute atomic E-state index is 0.253. The second-order valence-corrected chi connectivity index (χ2v) is 6.69. The van der Waals surface area contributed by atoms with Crippen molar-refractivity contribution in [3.05, 3.63) is 59.8 Å². The van der Waals surface area contributed by atoms with Crippen molar-refractivity contribution in [2.75, 3.05) is 14.2 Å². The zero-order valence-corrected chi connectivity index (χ0v) is 16.7. The van der Waals surface area contributed by atoms with Gasteiger partial charge in [0.15, 0.2) is 11.5 Å². The summed E-state index contributed by atoms with van der Waals surface area (Å²) in [4.78, 5) is 27.7. The van der Waals surface area contributed by atoms with E-state index >= 15 is 0 Å². The third-order valence-electron chi connectivity index (χ3n) is 4.73. The topological polar surface area (TPSA) is 92.5 Å². The van der Waals surface area contributed by atoms with Crippen molar-refractivity contribution < 1.29 is 19.1 Å². The predicted octanol–water partition coefficient (Wildman–Crippen LogP) is 2.55. The maximum absolute atomic E-state index is 12.9. The van der Waals surface area contributed by atoms with Crippen molar-refractivity contribution in [2.45, 2.75) is 25.9 Å². The summed E-state index contributed by atoms with van der Waals surface area (Å²) in [6, 6.07) is 12.6. The average molecular weight is 395 g/mol. The van der Waals surface area contributed by atoms with Gasteiger partial charge in [-0.15, -0.1) is 0 Å². The number of amides is 2. The van der Waals surface area contributed by atoms with Gasteiger partial charge in [-0.05, 0) is 17.7 Å². The van der Waals surface area contributed by atoms with E-state index in [4.69, 9.17) is 9.47 Å². The highest BCUT2D eigenvalue weighted by Gasteiger charge is 2.22. The fourth-order valence-electron chi connectivity index (χ4n) is 3.37. The molecule has 7 nitrogen and oxygen atoms in total. The number of aromatic nitrogens is 1. The fourth-order valence-corrected chi connectivity index (χ4v) is 3.37. The molecule has 1 heterocycles. The van der Waals surface area contributed by atoms with Crippen LogP contribution in [0.2, 0.25) is 0 Å². The third-order valence-corrected chi connectivity index (χ3v) is 4.73. The summed E-state index contributed by atoms with van der Waals surface area (Å²) in [6.07, 6.45) is 2.25. The quantitative estimate of drug-likeness (QED) is 0.547. The molecule has 3 aromatic rings. The Kier molecular flexibility index (Phi) is 6.39. The maximum Gasteiger partial charge on any atom is 0.243 e. The van der Waals surface area contributed by atoms with E-state index in [-0.39, 0.29) is 18.4 Å². The lowest BCUT2D eigenvalue weighted by Gasteiger charge is -2.18. The lowest BCUT2D eigenvalue weighted by molar-refractivity contribution is -0.128. The number of hydrogen-bond acceptors (Lipinski definition) is 4. The summed E-state index contributed by atoms with van der Waals surface area (Å²) in [5.41, 5.74) is 2.74. The number of methoxy groups -OCH3 is 2. The highest BCUT2D eigenvalue weighted by Crippen LogP contribution is 2.30. The smallest absolute Gasteiger partial charge is 0.243 e. The molecule has 2 aromatic carbocycles. The van der Waals surface area contributed by atoms with Crippen LogP contribution in [0.5, 0.6) is 11.5 Å². The number of ether oxygens (including phenoxy) is 2. The number of carbonyl (C=O) groups is 2. The van der Waals surface area contributed by atoms with Gasteiger partial charge in [-0.2, -0.15) is 0 Å². The first-order valence-corrected chi connectivity index (χ1v) is 9.33. The lowest BCUT2D eigenvalue weighted by atomic mass is 10.0. The summed E-state index contributed by atoms with van der Waals surface area (Å²) in [5.74, 6) is 0.638. The van der Waals surface area contributed by atoms with Crippen LogP contribution in [-0.4, -0.2) is 37.1 Å². The first-order valence-electron chi connectivity index (χ1n) is 9.33. The Morgan fingerprint density at radius 1 is 1.03 bits per heavy atom.